The van der Waals surface area contributed by atoms with Gasteiger partial charge in [-0.3, -0.25) is 9.88 Å². The van der Waals surface area contributed by atoms with E-state index in [-0.39, 0.29) is 0 Å². The highest BCUT2D eigenvalue weighted by Crippen LogP contribution is 2.27. The minimum atomic E-state index is 0.469. The Morgan fingerprint density at radius 3 is 2.77 bits per heavy atom. The number of likely N-dealkylation sites (tertiary alicyclic amines) is 1. The van der Waals surface area contributed by atoms with E-state index in [9.17, 15) is 0 Å². The normalized spacial score (nSPS) is 17.8. The van der Waals surface area contributed by atoms with Crippen LogP contribution in [-0.4, -0.2) is 32.9 Å². The molecule has 1 unspecified atom stereocenters. The van der Waals surface area contributed by atoms with E-state index in [4.69, 9.17) is 4.98 Å². The van der Waals surface area contributed by atoms with Gasteiger partial charge in [-0.05, 0) is 37.1 Å². The average Bonchev–Trinajstić information content (AvgIpc) is 2.70. The number of rotatable bonds is 5. The van der Waals surface area contributed by atoms with Gasteiger partial charge in [-0.15, -0.1) is 0 Å². The molecule has 1 N–H and O–H groups in total. The molecule has 2 aromatic heterocycles. The quantitative estimate of drug-likeness (QED) is 0.757. The zero-order valence-corrected chi connectivity index (χ0v) is 14.8. The lowest BCUT2D eigenvalue weighted by atomic mass is 9.94. The molecule has 0 saturated carbocycles. The highest BCUT2D eigenvalue weighted by molar-refractivity contribution is 5.50. The predicted molar refractivity (Wildman–Crippen MR) is 103 cm³/mol. The molecule has 5 nitrogen and oxygen atoms in total. The van der Waals surface area contributed by atoms with Gasteiger partial charge in [-0.25, -0.2) is 9.97 Å². The van der Waals surface area contributed by atoms with Gasteiger partial charge >= 0.3 is 0 Å². The highest BCUT2D eigenvalue weighted by Gasteiger charge is 2.22. The van der Waals surface area contributed by atoms with Crippen LogP contribution in [-0.2, 0) is 6.54 Å². The van der Waals surface area contributed by atoms with Crippen LogP contribution in [0.25, 0.3) is 0 Å². The third kappa shape index (κ3) is 4.24. The molecule has 1 atom stereocenters. The SMILES string of the molecule is c1ccc(CN2CCCC(c3cccc(Nc4cnccn4)n3)C2)cc1. The van der Waals surface area contributed by atoms with Crippen molar-refractivity contribution in [2.75, 3.05) is 18.4 Å². The van der Waals surface area contributed by atoms with Gasteiger partial charge in [0.15, 0.2) is 0 Å². The second-order valence-corrected chi connectivity index (χ2v) is 6.72. The maximum absolute atomic E-state index is 4.83. The molecular formula is C21H23N5. The van der Waals surface area contributed by atoms with Crippen LogP contribution in [0.1, 0.15) is 30.0 Å². The minimum absolute atomic E-state index is 0.469. The number of hydrogen-bond donors (Lipinski definition) is 1. The van der Waals surface area contributed by atoms with Crippen molar-refractivity contribution in [2.45, 2.75) is 25.3 Å². The number of pyridine rings is 1. The van der Waals surface area contributed by atoms with Crippen LogP contribution in [0, 0.1) is 0 Å². The molecule has 26 heavy (non-hydrogen) atoms. The molecule has 1 aliphatic heterocycles. The van der Waals surface area contributed by atoms with E-state index in [2.05, 4.69) is 62.6 Å². The van der Waals surface area contributed by atoms with E-state index in [1.165, 1.54) is 18.4 Å². The Bertz CT molecular complexity index is 822. The molecule has 0 radical (unpaired) electrons. The monoisotopic (exact) mass is 345 g/mol. The van der Waals surface area contributed by atoms with Crippen molar-refractivity contribution >= 4 is 11.6 Å². The lowest BCUT2D eigenvalue weighted by Crippen LogP contribution is -2.34. The summed E-state index contributed by atoms with van der Waals surface area (Å²) in [5.74, 6) is 2.01. The molecule has 1 aliphatic rings. The summed E-state index contributed by atoms with van der Waals surface area (Å²) >= 11 is 0. The van der Waals surface area contributed by atoms with Crippen molar-refractivity contribution in [2.24, 2.45) is 0 Å². The molecule has 3 heterocycles. The predicted octanol–water partition coefficient (Wildman–Crippen LogP) is 3.99. The Balaban J connectivity index is 1.44. The van der Waals surface area contributed by atoms with Crippen LogP contribution in [0.5, 0.6) is 0 Å². The molecule has 0 amide bonds. The van der Waals surface area contributed by atoms with E-state index in [1.807, 2.05) is 6.07 Å². The van der Waals surface area contributed by atoms with Gasteiger partial charge in [0.05, 0.1) is 6.20 Å². The van der Waals surface area contributed by atoms with Crippen molar-refractivity contribution in [3.63, 3.8) is 0 Å². The zero-order chi connectivity index (χ0) is 17.6. The van der Waals surface area contributed by atoms with Crippen molar-refractivity contribution < 1.29 is 0 Å². The number of anilines is 2. The largest absolute Gasteiger partial charge is 0.324 e. The van der Waals surface area contributed by atoms with Crippen LogP contribution in [0.4, 0.5) is 11.6 Å². The van der Waals surface area contributed by atoms with Crippen LogP contribution >= 0.6 is 0 Å². The first-order chi connectivity index (χ1) is 12.9. The van der Waals surface area contributed by atoms with Crippen LogP contribution in [0.2, 0.25) is 0 Å². The number of nitrogens with zero attached hydrogens (tertiary/aromatic N) is 4. The molecular weight excluding hydrogens is 322 g/mol. The Hall–Kier alpha value is -2.79. The van der Waals surface area contributed by atoms with E-state index in [0.29, 0.717) is 11.7 Å². The summed E-state index contributed by atoms with van der Waals surface area (Å²) in [5.41, 5.74) is 2.52. The summed E-state index contributed by atoms with van der Waals surface area (Å²) in [7, 11) is 0. The number of benzene rings is 1. The lowest BCUT2D eigenvalue weighted by Gasteiger charge is -2.32. The van der Waals surface area contributed by atoms with Gasteiger partial charge in [0.25, 0.3) is 0 Å². The van der Waals surface area contributed by atoms with Crippen molar-refractivity contribution in [3.05, 3.63) is 78.4 Å². The van der Waals surface area contributed by atoms with Gasteiger partial charge in [0, 0.05) is 37.1 Å². The maximum atomic E-state index is 4.83. The van der Waals surface area contributed by atoms with Gasteiger partial charge in [0.2, 0.25) is 0 Å². The Kier molecular flexibility index (Phi) is 5.17. The summed E-state index contributed by atoms with van der Waals surface area (Å²) in [6.07, 6.45) is 7.44. The van der Waals surface area contributed by atoms with E-state index in [1.54, 1.807) is 18.6 Å². The summed E-state index contributed by atoms with van der Waals surface area (Å²) < 4.78 is 0. The first-order valence-electron chi connectivity index (χ1n) is 9.13. The molecule has 1 aromatic carbocycles. The van der Waals surface area contributed by atoms with E-state index < -0.39 is 0 Å². The fourth-order valence-corrected chi connectivity index (χ4v) is 3.53. The van der Waals surface area contributed by atoms with Crippen LogP contribution in [0.15, 0.2) is 67.1 Å². The zero-order valence-electron chi connectivity index (χ0n) is 14.8. The minimum Gasteiger partial charge on any atom is -0.324 e. The van der Waals surface area contributed by atoms with E-state index >= 15 is 0 Å². The van der Waals surface area contributed by atoms with Crippen molar-refractivity contribution in [3.8, 4) is 0 Å². The summed E-state index contributed by atoms with van der Waals surface area (Å²) in [4.78, 5) is 15.7. The fraction of sp³-hybridized carbons (Fsp3) is 0.286. The number of hydrogen-bond acceptors (Lipinski definition) is 5. The number of piperidine rings is 1. The first kappa shape index (κ1) is 16.7. The number of aromatic nitrogens is 3. The molecule has 0 spiro atoms. The van der Waals surface area contributed by atoms with Gasteiger partial charge < -0.3 is 5.32 Å². The number of nitrogens with one attached hydrogen (secondary N) is 1. The molecule has 1 saturated heterocycles. The second-order valence-electron chi connectivity index (χ2n) is 6.72. The molecule has 4 rings (SSSR count). The molecule has 0 aliphatic carbocycles. The van der Waals surface area contributed by atoms with Crippen molar-refractivity contribution in [1.29, 1.82) is 0 Å². The Morgan fingerprint density at radius 1 is 1.00 bits per heavy atom. The van der Waals surface area contributed by atoms with Gasteiger partial charge in [-0.1, -0.05) is 36.4 Å². The fourth-order valence-electron chi connectivity index (χ4n) is 3.53. The molecule has 3 aromatic rings. The standard InChI is InChI=1S/C21H23N5/c1-2-6-17(7-3-1)15-26-13-5-8-18(16-26)19-9-4-10-20(24-19)25-21-14-22-11-12-23-21/h1-4,6-7,9-12,14,18H,5,8,13,15-16H2,(H,23,24,25). The third-order valence-corrected chi connectivity index (χ3v) is 4.76. The van der Waals surface area contributed by atoms with E-state index in [0.717, 1.165) is 31.1 Å². The topological polar surface area (TPSA) is 53.9 Å². The average molecular weight is 345 g/mol. The van der Waals surface area contributed by atoms with Gasteiger partial charge in [0.1, 0.15) is 11.6 Å². The smallest absolute Gasteiger partial charge is 0.150 e. The summed E-state index contributed by atoms with van der Waals surface area (Å²) in [6, 6.07) is 16.9. The highest BCUT2D eigenvalue weighted by atomic mass is 15.1. The second kappa shape index (κ2) is 8.06. The maximum Gasteiger partial charge on any atom is 0.150 e. The molecule has 132 valence electrons. The summed E-state index contributed by atoms with van der Waals surface area (Å²) in [6.45, 7) is 3.22. The van der Waals surface area contributed by atoms with Crippen molar-refractivity contribution in [1.82, 2.24) is 19.9 Å². The Morgan fingerprint density at radius 2 is 1.92 bits per heavy atom. The summed E-state index contributed by atoms with van der Waals surface area (Å²) in [5, 5.41) is 3.24. The third-order valence-electron chi connectivity index (χ3n) is 4.76. The molecule has 0 bridgehead atoms. The molecule has 1 fully saturated rings. The first-order valence-corrected chi connectivity index (χ1v) is 9.13. The Labute approximate surface area is 154 Å². The molecule has 5 heteroatoms. The van der Waals surface area contributed by atoms with Crippen LogP contribution in [0.3, 0.4) is 0 Å². The van der Waals surface area contributed by atoms with Crippen LogP contribution < -0.4 is 5.32 Å². The lowest BCUT2D eigenvalue weighted by molar-refractivity contribution is 0.198. The van der Waals surface area contributed by atoms with Gasteiger partial charge in [-0.2, -0.15) is 0 Å².